The first-order valence-corrected chi connectivity index (χ1v) is 6.24. The summed E-state index contributed by atoms with van der Waals surface area (Å²) in [7, 11) is 3.40. The summed E-state index contributed by atoms with van der Waals surface area (Å²) in [6.45, 7) is 2.88. The second kappa shape index (κ2) is 6.00. The number of hydrogen-bond donors (Lipinski definition) is 1. The van der Waals surface area contributed by atoms with Crippen LogP contribution in [0.25, 0.3) is 0 Å². The van der Waals surface area contributed by atoms with Crippen molar-refractivity contribution in [1.82, 2.24) is 15.1 Å². The molecular weight excluding hydrogens is 264 g/mol. The van der Waals surface area contributed by atoms with Crippen molar-refractivity contribution in [2.75, 3.05) is 7.11 Å². The number of rotatable bonds is 5. The van der Waals surface area contributed by atoms with Crippen LogP contribution in [0.3, 0.4) is 0 Å². The number of nitrogens with zero attached hydrogens (tertiary/aromatic N) is 2. The Morgan fingerprint density at radius 2 is 2.00 bits per heavy atom. The lowest BCUT2D eigenvalue weighted by atomic mass is 10.2. The van der Waals surface area contributed by atoms with Crippen molar-refractivity contribution in [1.29, 1.82) is 0 Å². The first-order chi connectivity index (χ1) is 9.52. The van der Waals surface area contributed by atoms with Crippen molar-refractivity contribution in [2.45, 2.75) is 20.0 Å². The molecule has 0 unspecified atom stereocenters. The predicted molar refractivity (Wildman–Crippen MR) is 71.4 cm³/mol. The van der Waals surface area contributed by atoms with Crippen LogP contribution in [0.1, 0.15) is 16.8 Å². The van der Waals surface area contributed by atoms with E-state index in [9.17, 15) is 8.78 Å². The van der Waals surface area contributed by atoms with Gasteiger partial charge in [0.1, 0.15) is 0 Å². The monoisotopic (exact) mass is 281 g/mol. The number of benzene rings is 1. The van der Waals surface area contributed by atoms with Gasteiger partial charge in [0.25, 0.3) is 0 Å². The zero-order valence-corrected chi connectivity index (χ0v) is 11.7. The molecule has 0 amide bonds. The fraction of sp³-hybridized carbons (Fsp3) is 0.357. The highest BCUT2D eigenvalue weighted by Crippen LogP contribution is 2.20. The lowest BCUT2D eigenvalue weighted by Crippen LogP contribution is -2.14. The molecule has 6 heteroatoms. The Morgan fingerprint density at radius 1 is 1.25 bits per heavy atom. The van der Waals surface area contributed by atoms with Gasteiger partial charge in [0.15, 0.2) is 11.6 Å². The predicted octanol–water partition coefficient (Wildman–Crippen LogP) is 2.31. The molecular formula is C14H17F2N3O. The molecule has 0 saturated carbocycles. The molecule has 0 saturated heterocycles. The molecule has 0 aliphatic heterocycles. The van der Waals surface area contributed by atoms with Gasteiger partial charge in [-0.15, -0.1) is 0 Å². The molecule has 0 radical (unpaired) electrons. The van der Waals surface area contributed by atoms with Gasteiger partial charge in [0, 0.05) is 20.1 Å². The highest BCUT2D eigenvalue weighted by atomic mass is 19.2. The third-order valence-electron chi connectivity index (χ3n) is 3.10. The van der Waals surface area contributed by atoms with Crippen molar-refractivity contribution in [2.24, 2.45) is 7.05 Å². The molecule has 2 aromatic rings. The standard InChI is InChI=1S/C14H17F2N3O/c1-9-11(14(20-3)19(2)18-9)8-17-7-10-4-5-12(15)13(16)6-10/h4-6,17H,7-8H2,1-3H3. The van der Waals surface area contributed by atoms with Gasteiger partial charge in [-0.2, -0.15) is 5.10 Å². The molecule has 0 aliphatic rings. The zero-order chi connectivity index (χ0) is 14.7. The quantitative estimate of drug-likeness (QED) is 0.914. The summed E-state index contributed by atoms with van der Waals surface area (Å²) in [5.74, 6) is -0.974. The Labute approximate surface area is 116 Å². The highest BCUT2D eigenvalue weighted by Gasteiger charge is 2.13. The van der Waals surface area contributed by atoms with Gasteiger partial charge in [-0.3, -0.25) is 0 Å². The van der Waals surface area contributed by atoms with E-state index >= 15 is 0 Å². The maximum absolute atomic E-state index is 13.1. The van der Waals surface area contributed by atoms with Gasteiger partial charge in [-0.1, -0.05) is 6.07 Å². The van der Waals surface area contributed by atoms with Gasteiger partial charge in [0.2, 0.25) is 5.88 Å². The zero-order valence-electron chi connectivity index (χ0n) is 11.7. The number of nitrogens with one attached hydrogen (secondary N) is 1. The first kappa shape index (κ1) is 14.5. The minimum absolute atomic E-state index is 0.439. The van der Waals surface area contributed by atoms with Crippen LogP contribution >= 0.6 is 0 Å². The number of hydrogen-bond acceptors (Lipinski definition) is 3. The maximum atomic E-state index is 13.1. The average molecular weight is 281 g/mol. The lowest BCUT2D eigenvalue weighted by molar-refractivity contribution is 0.368. The van der Waals surface area contributed by atoms with E-state index in [-0.39, 0.29) is 0 Å². The first-order valence-electron chi connectivity index (χ1n) is 6.24. The number of aromatic nitrogens is 2. The lowest BCUT2D eigenvalue weighted by Gasteiger charge is -2.07. The van der Waals surface area contributed by atoms with E-state index in [0.717, 1.165) is 17.3 Å². The summed E-state index contributed by atoms with van der Waals surface area (Å²) in [4.78, 5) is 0. The SMILES string of the molecule is COc1c(CNCc2ccc(F)c(F)c2)c(C)nn1C. The summed E-state index contributed by atoms with van der Waals surface area (Å²) in [5, 5.41) is 7.45. The molecule has 4 nitrogen and oxygen atoms in total. The van der Waals surface area contributed by atoms with E-state index in [1.807, 2.05) is 14.0 Å². The number of methoxy groups -OCH3 is 1. The van der Waals surface area contributed by atoms with Crippen LogP contribution < -0.4 is 10.1 Å². The number of halogens is 2. The molecule has 1 aromatic carbocycles. The van der Waals surface area contributed by atoms with E-state index < -0.39 is 11.6 Å². The Bertz CT molecular complexity index is 611. The molecule has 0 spiro atoms. The molecule has 0 aliphatic carbocycles. The Hall–Kier alpha value is -1.95. The summed E-state index contributed by atoms with van der Waals surface area (Å²) >= 11 is 0. The Balaban J connectivity index is 2.01. The molecule has 108 valence electrons. The fourth-order valence-corrected chi connectivity index (χ4v) is 2.12. The van der Waals surface area contributed by atoms with Crippen LogP contribution in [-0.2, 0) is 20.1 Å². The molecule has 2 rings (SSSR count). The molecule has 0 atom stereocenters. The van der Waals surface area contributed by atoms with E-state index in [0.29, 0.717) is 24.5 Å². The third kappa shape index (κ3) is 2.96. The van der Waals surface area contributed by atoms with Crippen molar-refractivity contribution in [3.8, 4) is 5.88 Å². The van der Waals surface area contributed by atoms with Crippen LogP contribution in [-0.4, -0.2) is 16.9 Å². The molecule has 1 N–H and O–H groups in total. The van der Waals surface area contributed by atoms with Crippen molar-refractivity contribution in [3.05, 3.63) is 46.7 Å². The van der Waals surface area contributed by atoms with Crippen molar-refractivity contribution < 1.29 is 13.5 Å². The Kier molecular flexibility index (Phi) is 4.34. The van der Waals surface area contributed by atoms with Crippen LogP contribution in [0.5, 0.6) is 5.88 Å². The minimum atomic E-state index is -0.835. The maximum Gasteiger partial charge on any atom is 0.216 e. The van der Waals surface area contributed by atoms with Crippen LogP contribution in [0.2, 0.25) is 0 Å². The van der Waals surface area contributed by atoms with E-state index in [1.54, 1.807) is 17.9 Å². The topological polar surface area (TPSA) is 39.1 Å². The largest absolute Gasteiger partial charge is 0.481 e. The summed E-state index contributed by atoms with van der Waals surface area (Å²) in [6, 6.07) is 3.87. The highest BCUT2D eigenvalue weighted by molar-refractivity contribution is 5.30. The van der Waals surface area contributed by atoms with E-state index in [1.165, 1.54) is 6.07 Å². The smallest absolute Gasteiger partial charge is 0.216 e. The summed E-state index contributed by atoms with van der Waals surface area (Å²) in [6.07, 6.45) is 0. The fourth-order valence-electron chi connectivity index (χ4n) is 2.12. The summed E-state index contributed by atoms with van der Waals surface area (Å²) < 4.78 is 32.9. The van der Waals surface area contributed by atoms with Crippen LogP contribution in [0.4, 0.5) is 8.78 Å². The molecule has 1 heterocycles. The average Bonchev–Trinajstić information content (AvgIpc) is 2.68. The number of aryl methyl sites for hydroxylation is 2. The number of ether oxygens (including phenoxy) is 1. The summed E-state index contributed by atoms with van der Waals surface area (Å²) in [5.41, 5.74) is 2.52. The van der Waals surface area contributed by atoms with Crippen LogP contribution in [0.15, 0.2) is 18.2 Å². The van der Waals surface area contributed by atoms with E-state index in [2.05, 4.69) is 10.4 Å². The van der Waals surface area contributed by atoms with Gasteiger partial charge in [-0.05, 0) is 24.6 Å². The third-order valence-corrected chi connectivity index (χ3v) is 3.10. The van der Waals surface area contributed by atoms with Gasteiger partial charge < -0.3 is 10.1 Å². The van der Waals surface area contributed by atoms with E-state index in [4.69, 9.17) is 4.74 Å². The van der Waals surface area contributed by atoms with Gasteiger partial charge in [-0.25, -0.2) is 13.5 Å². The molecule has 0 fully saturated rings. The van der Waals surface area contributed by atoms with Crippen LogP contribution in [0, 0.1) is 18.6 Å². The van der Waals surface area contributed by atoms with Crippen molar-refractivity contribution in [3.63, 3.8) is 0 Å². The second-order valence-corrected chi connectivity index (χ2v) is 4.55. The van der Waals surface area contributed by atoms with Gasteiger partial charge in [0.05, 0.1) is 18.4 Å². The molecule has 1 aromatic heterocycles. The van der Waals surface area contributed by atoms with Gasteiger partial charge >= 0.3 is 0 Å². The molecule has 0 bridgehead atoms. The second-order valence-electron chi connectivity index (χ2n) is 4.55. The minimum Gasteiger partial charge on any atom is -0.481 e. The normalized spacial score (nSPS) is 10.8. The van der Waals surface area contributed by atoms with Crippen molar-refractivity contribution >= 4 is 0 Å². The molecule has 20 heavy (non-hydrogen) atoms. The Morgan fingerprint density at radius 3 is 2.65 bits per heavy atom.